The molecule has 0 unspecified atom stereocenters. The van der Waals surface area contributed by atoms with Crippen molar-refractivity contribution in [1.29, 1.82) is 0 Å². The topological polar surface area (TPSA) is 75.5 Å². The SMILES string of the molecule is COc1c(C(=O)NN2CCN(c3ccc(C(F)F)cn3)CC2)nn(-c2ccccc2Cl)c1-c1ccc(Cl)cc1. The van der Waals surface area contributed by atoms with Crippen LogP contribution in [0.15, 0.2) is 66.9 Å². The lowest BCUT2D eigenvalue weighted by atomic mass is 10.1. The Hall–Kier alpha value is -3.73. The molecule has 4 aromatic rings. The molecule has 0 atom stereocenters. The van der Waals surface area contributed by atoms with Crippen LogP contribution < -0.4 is 15.1 Å². The number of pyridine rings is 1. The van der Waals surface area contributed by atoms with Crippen molar-refractivity contribution in [3.8, 4) is 22.7 Å². The first-order valence-corrected chi connectivity index (χ1v) is 12.8. The monoisotopic (exact) mass is 572 g/mol. The van der Waals surface area contributed by atoms with E-state index in [1.165, 1.54) is 19.4 Å². The molecule has 1 aliphatic heterocycles. The van der Waals surface area contributed by atoms with Crippen molar-refractivity contribution in [2.75, 3.05) is 38.2 Å². The Bertz CT molecular complexity index is 1460. The van der Waals surface area contributed by atoms with Gasteiger partial charge in [0.15, 0.2) is 11.4 Å². The van der Waals surface area contributed by atoms with E-state index < -0.39 is 12.3 Å². The van der Waals surface area contributed by atoms with Crippen molar-refractivity contribution in [2.45, 2.75) is 6.43 Å². The van der Waals surface area contributed by atoms with Gasteiger partial charge in [-0.15, -0.1) is 0 Å². The van der Waals surface area contributed by atoms with Crippen LogP contribution in [-0.4, -0.2) is 59.0 Å². The number of hydrogen-bond donors (Lipinski definition) is 1. The van der Waals surface area contributed by atoms with Gasteiger partial charge in [-0.3, -0.25) is 10.2 Å². The zero-order valence-electron chi connectivity index (χ0n) is 20.8. The summed E-state index contributed by atoms with van der Waals surface area (Å²) in [4.78, 5) is 19.6. The van der Waals surface area contributed by atoms with Gasteiger partial charge >= 0.3 is 0 Å². The molecule has 202 valence electrons. The maximum Gasteiger partial charge on any atom is 0.289 e. The minimum absolute atomic E-state index is 0.0917. The second-order valence-corrected chi connectivity index (χ2v) is 9.61. The van der Waals surface area contributed by atoms with Gasteiger partial charge in [-0.2, -0.15) is 5.10 Å². The highest BCUT2D eigenvalue weighted by Gasteiger charge is 2.29. The summed E-state index contributed by atoms with van der Waals surface area (Å²) in [7, 11) is 1.48. The van der Waals surface area contributed by atoms with E-state index in [0.29, 0.717) is 53.4 Å². The molecular formula is C27H24Cl2F2N6O2. The van der Waals surface area contributed by atoms with Crippen LogP contribution in [0.2, 0.25) is 10.0 Å². The second-order valence-electron chi connectivity index (χ2n) is 8.77. The summed E-state index contributed by atoms with van der Waals surface area (Å²) in [6.07, 6.45) is -1.37. The van der Waals surface area contributed by atoms with E-state index >= 15 is 0 Å². The molecule has 2 aromatic carbocycles. The first-order valence-electron chi connectivity index (χ1n) is 12.1. The average Bonchev–Trinajstić information content (AvgIpc) is 3.34. The fourth-order valence-electron chi connectivity index (χ4n) is 4.36. The van der Waals surface area contributed by atoms with Gasteiger partial charge in [-0.1, -0.05) is 47.5 Å². The molecular weight excluding hydrogens is 549 g/mol. The predicted molar refractivity (Wildman–Crippen MR) is 146 cm³/mol. The molecule has 1 aliphatic rings. The Kier molecular flexibility index (Phi) is 7.97. The Morgan fingerprint density at radius 2 is 1.72 bits per heavy atom. The number of carbonyl (C=O) groups is 1. The van der Waals surface area contributed by atoms with Crippen LogP contribution in [-0.2, 0) is 0 Å². The number of ether oxygens (including phenoxy) is 1. The fraction of sp³-hybridized carbons (Fsp3) is 0.222. The largest absolute Gasteiger partial charge is 0.492 e. The molecule has 3 heterocycles. The molecule has 1 N–H and O–H groups in total. The lowest BCUT2D eigenvalue weighted by Crippen LogP contribution is -2.53. The zero-order chi connectivity index (χ0) is 27.5. The number of aromatic nitrogens is 3. The third-order valence-corrected chi connectivity index (χ3v) is 6.92. The predicted octanol–water partition coefficient (Wildman–Crippen LogP) is 5.65. The lowest BCUT2D eigenvalue weighted by Gasteiger charge is -2.35. The lowest BCUT2D eigenvalue weighted by molar-refractivity contribution is 0.0768. The van der Waals surface area contributed by atoms with E-state index in [4.69, 9.17) is 27.9 Å². The fourth-order valence-corrected chi connectivity index (χ4v) is 4.70. The number of alkyl halides is 2. The molecule has 0 spiro atoms. The Morgan fingerprint density at radius 1 is 1.00 bits per heavy atom. The van der Waals surface area contributed by atoms with E-state index in [0.717, 1.165) is 5.56 Å². The van der Waals surface area contributed by atoms with Gasteiger partial charge in [0, 0.05) is 48.5 Å². The minimum atomic E-state index is -2.56. The maximum absolute atomic E-state index is 13.5. The smallest absolute Gasteiger partial charge is 0.289 e. The third-order valence-electron chi connectivity index (χ3n) is 6.35. The van der Waals surface area contributed by atoms with E-state index in [-0.39, 0.29) is 17.0 Å². The number of carbonyl (C=O) groups excluding carboxylic acids is 1. The van der Waals surface area contributed by atoms with Crippen LogP contribution in [0.3, 0.4) is 0 Å². The maximum atomic E-state index is 13.5. The normalized spacial score (nSPS) is 14.1. The molecule has 0 aliphatic carbocycles. The number of hydrogen-bond acceptors (Lipinski definition) is 6. The minimum Gasteiger partial charge on any atom is -0.492 e. The van der Waals surface area contributed by atoms with Gasteiger partial charge in [-0.05, 0) is 36.4 Å². The summed E-state index contributed by atoms with van der Waals surface area (Å²) in [6.45, 7) is 2.06. The van der Waals surface area contributed by atoms with E-state index in [2.05, 4.69) is 15.5 Å². The molecule has 8 nitrogen and oxygen atoms in total. The molecule has 1 saturated heterocycles. The Labute approximate surface area is 233 Å². The van der Waals surface area contributed by atoms with Crippen LogP contribution in [0.1, 0.15) is 22.5 Å². The standard InChI is InChI=1S/C27H24Cl2F2N6O2/c1-39-25-23(27(38)34-36-14-12-35(13-15-36)22-11-8-18(16-32-22)26(30)31)33-37(21-5-3-2-4-20(21)29)24(25)17-6-9-19(28)10-7-17/h2-11,16,26H,12-15H2,1H3,(H,34,38). The summed E-state index contributed by atoms with van der Waals surface area (Å²) in [5.41, 5.74) is 4.76. The molecule has 1 amide bonds. The number of rotatable bonds is 7. The van der Waals surface area contributed by atoms with Gasteiger partial charge in [0.1, 0.15) is 11.5 Å². The number of amides is 1. The molecule has 0 bridgehead atoms. The summed E-state index contributed by atoms with van der Waals surface area (Å²) >= 11 is 12.6. The number of hydrazine groups is 1. The van der Waals surface area contributed by atoms with E-state index in [1.807, 2.05) is 29.2 Å². The highest BCUT2D eigenvalue weighted by Crippen LogP contribution is 2.37. The summed E-state index contributed by atoms with van der Waals surface area (Å²) < 4.78 is 33.0. The number of methoxy groups -OCH3 is 1. The Balaban J connectivity index is 1.38. The van der Waals surface area contributed by atoms with Crippen molar-refractivity contribution in [1.82, 2.24) is 25.2 Å². The molecule has 5 rings (SSSR count). The van der Waals surface area contributed by atoms with E-state index in [9.17, 15) is 13.6 Å². The van der Waals surface area contributed by atoms with Crippen LogP contribution in [0.25, 0.3) is 16.9 Å². The summed E-state index contributed by atoms with van der Waals surface area (Å²) in [5.74, 6) is 0.454. The Morgan fingerprint density at radius 3 is 2.33 bits per heavy atom. The van der Waals surface area contributed by atoms with Crippen LogP contribution in [0, 0.1) is 0 Å². The van der Waals surface area contributed by atoms with Crippen molar-refractivity contribution in [3.05, 3.63) is 88.2 Å². The van der Waals surface area contributed by atoms with Gasteiger partial charge in [-0.25, -0.2) is 23.5 Å². The molecule has 0 saturated carbocycles. The molecule has 2 aromatic heterocycles. The van der Waals surface area contributed by atoms with Crippen LogP contribution in [0.5, 0.6) is 5.75 Å². The van der Waals surface area contributed by atoms with Gasteiger partial charge in [0.2, 0.25) is 0 Å². The number of nitrogens with zero attached hydrogens (tertiary/aromatic N) is 5. The number of benzene rings is 2. The van der Waals surface area contributed by atoms with Crippen LogP contribution >= 0.6 is 23.2 Å². The molecule has 12 heteroatoms. The van der Waals surface area contributed by atoms with Crippen molar-refractivity contribution < 1.29 is 18.3 Å². The number of para-hydroxylation sites is 1. The number of halogens is 4. The van der Waals surface area contributed by atoms with Gasteiger partial charge in [0.25, 0.3) is 12.3 Å². The number of piperazine rings is 1. The quantitative estimate of drug-likeness (QED) is 0.308. The van der Waals surface area contributed by atoms with Crippen molar-refractivity contribution in [3.63, 3.8) is 0 Å². The summed E-state index contributed by atoms with van der Waals surface area (Å²) in [6, 6.07) is 17.3. The first kappa shape index (κ1) is 26.9. The highest BCUT2D eigenvalue weighted by atomic mass is 35.5. The van der Waals surface area contributed by atoms with Crippen molar-refractivity contribution in [2.24, 2.45) is 0 Å². The third kappa shape index (κ3) is 5.68. The molecule has 0 radical (unpaired) electrons. The van der Waals surface area contributed by atoms with E-state index in [1.54, 1.807) is 40.0 Å². The second kappa shape index (κ2) is 11.6. The summed E-state index contributed by atoms with van der Waals surface area (Å²) in [5, 5.41) is 7.42. The van der Waals surface area contributed by atoms with Gasteiger partial charge < -0.3 is 9.64 Å². The molecule has 1 fully saturated rings. The number of nitrogens with one attached hydrogen (secondary N) is 1. The average molecular weight is 573 g/mol. The van der Waals surface area contributed by atoms with Crippen molar-refractivity contribution >= 4 is 34.9 Å². The highest BCUT2D eigenvalue weighted by molar-refractivity contribution is 6.32. The zero-order valence-corrected chi connectivity index (χ0v) is 22.3. The molecule has 39 heavy (non-hydrogen) atoms. The number of anilines is 1. The first-order chi connectivity index (χ1) is 18.9. The van der Waals surface area contributed by atoms with Crippen LogP contribution in [0.4, 0.5) is 14.6 Å². The van der Waals surface area contributed by atoms with Gasteiger partial charge in [0.05, 0.1) is 17.8 Å².